The van der Waals surface area contributed by atoms with Crippen molar-refractivity contribution in [3.8, 4) is 22.9 Å². The first-order valence-electron chi connectivity index (χ1n) is 7.32. The first-order valence-corrected chi connectivity index (χ1v) is 7.32. The molecule has 0 spiro atoms. The molecule has 0 unspecified atom stereocenters. The smallest absolute Gasteiger partial charge is 0.250 e. The molecule has 2 aromatic rings. The zero-order valence-electron chi connectivity index (χ0n) is 12.9. The molecule has 0 N–H and O–H groups in total. The topological polar surface area (TPSA) is 53.3 Å². The van der Waals surface area contributed by atoms with Crippen molar-refractivity contribution in [2.45, 2.75) is 6.42 Å². The highest BCUT2D eigenvalue weighted by atomic mass is 16.5. The van der Waals surface area contributed by atoms with Gasteiger partial charge in [0.1, 0.15) is 5.75 Å². The molecule has 0 fully saturated rings. The Bertz CT molecular complexity index is 834. The number of hydrogen-bond donors (Lipinski definition) is 0. The number of carbonyl (C=O) groups excluding carboxylic acids is 1. The molecule has 0 saturated heterocycles. The summed E-state index contributed by atoms with van der Waals surface area (Å²) in [5.41, 5.74) is 4.43. The lowest BCUT2D eigenvalue weighted by Crippen LogP contribution is -2.26. The number of benzene rings is 2. The van der Waals surface area contributed by atoms with E-state index in [4.69, 9.17) is 10.00 Å². The third kappa shape index (κ3) is 2.69. The van der Waals surface area contributed by atoms with Crippen LogP contribution in [0.1, 0.15) is 11.1 Å². The molecular weight excluding hydrogens is 288 g/mol. The second kappa shape index (κ2) is 5.98. The molecule has 0 bridgehead atoms. The van der Waals surface area contributed by atoms with Crippen molar-refractivity contribution in [3.63, 3.8) is 0 Å². The second-order valence-corrected chi connectivity index (χ2v) is 5.35. The van der Waals surface area contributed by atoms with Gasteiger partial charge in [-0.1, -0.05) is 18.7 Å². The van der Waals surface area contributed by atoms with E-state index in [0.717, 1.165) is 28.8 Å². The minimum absolute atomic E-state index is 0.0933. The molecule has 4 heteroatoms. The average Bonchev–Trinajstić information content (AvgIpc) is 3.03. The summed E-state index contributed by atoms with van der Waals surface area (Å²) < 4.78 is 5.26. The van der Waals surface area contributed by atoms with Gasteiger partial charge in [0, 0.05) is 12.2 Å². The van der Waals surface area contributed by atoms with Crippen LogP contribution in [0.2, 0.25) is 0 Å². The number of hydrogen-bond acceptors (Lipinski definition) is 3. The lowest BCUT2D eigenvalue weighted by atomic mass is 10.0. The molecule has 0 aliphatic carbocycles. The van der Waals surface area contributed by atoms with E-state index in [9.17, 15) is 4.79 Å². The van der Waals surface area contributed by atoms with Crippen molar-refractivity contribution >= 4 is 11.6 Å². The highest BCUT2D eigenvalue weighted by Crippen LogP contribution is 2.34. The Balaban J connectivity index is 2.08. The Labute approximate surface area is 135 Å². The van der Waals surface area contributed by atoms with E-state index in [2.05, 4.69) is 12.6 Å². The number of amides is 1. The summed E-state index contributed by atoms with van der Waals surface area (Å²) in [4.78, 5) is 13.7. The SMILES string of the molecule is C=CC(=O)N1CCc2ccc(-c3cc(C#N)cc(OC)c3)cc21. The Morgan fingerprint density at radius 3 is 2.83 bits per heavy atom. The van der Waals surface area contributed by atoms with Crippen LogP contribution < -0.4 is 9.64 Å². The molecule has 1 amide bonds. The summed E-state index contributed by atoms with van der Waals surface area (Å²) in [6.45, 7) is 4.23. The highest BCUT2D eigenvalue weighted by molar-refractivity contribution is 6.03. The molecule has 0 atom stereocenters. The number of methoxy groups -OCH3 is 1. The first kappa shape index (κ1) is 14.9. The number of carbonyl (C=O) groups is 1. The summed E-state index contributed by atoms with van der Waals surface area (Å²) in [6, 6.07) is 13.6. The Kier molecular flexibility index (Phi) is 3.86. The van der Waals surface area contributed by atoms with Crippen LogP contribution in [0.3, 0.4) is 0 Å². The van der Waals surface area contributed by atoms with Crippen LogP contribution in [0.15, 0.2) is 49.1 Å². The van der Waals surface area contributed by atoms with Crippen LogP contribution >= 0.6 is 0 Å². The van der Waals surface area contributed by atoms with E-state index < -0.39 is 0 Å². The van der Waals surface area contributed by atoms with Crippen molar-refractivity contribution in [1.82, 2.24) is 0 Å². The van der Waals surface area contributed by atoms with E-state index >= 15 is 0 Å². The lowest BCUT2D eigenvalue weighted by Gasteiger charge is -2.16. The largest absolute Gasteiger partial charge is 0.497 e. The molecule has 2 aromatic carbocycles. The highest BCUT2D eigenvalue weighted by Gasteiger charge is 2.23. The summed E-state index contributed by atoms with van der Waals surface area (Å²) in [5.74, 6) is 0.544. The summed E-state index contributed by atoms with van der Waals surface area (Å²) in [5, 5.41) is 9.16. The van der Waals surface area contributed by atoms with Gasteiger partial charge in [-0.05, 0) is 53.5 Å². The Morgan fingerprint density at radius 1 is 1.30 bits per heavy atom. The second-order valence-electron chi connectivity index (χ2n) is 5.35. The van der Waals surface area contributed by atoms with Gasteiger partial charge in [0.05, 0.1) is 18.7 Å². The maximum absolute atomic E-state index is 12.0. The molecule has 0 aromatic heterocycles. The van der Waals surface area contributed by atoms with Crippen molar-refractivity contribution in [3.05, 3.63) is 60.2 Å². The molecule has 1 aliphatic rings. The van der Waals surface area contributed by atoms with Gasteiger partial charge in [0.25, 0.3) is 0 Å². The fraction of sp³-hybridized carbons (Fsp3) is 0.158. The van der Waals surface area contributed by atoms with E-state index in [1.807, 2.05) is 30.3 Å². The molecular formula is C19H16N2O2. The first-order chi connectivity index (χ1) is 11.2. The van der Waals surface area contributed by atoms with Crippen molar-refractivity contribution in [2.75, 3.05) is 18.6 Å². The quantitative estimate of drug-likeness (QED) is 0.817. The third-order valence-corrected chi connectivity index (χ3v) is 4.03. The monoisotopic (exact) mass is 304 g/mol. The van der Waals surface area contributed by atoms with E-state index in [0.29, 0.717) is 17.9 Å². The van der Waals surface area contributed by atoms with E-state index in [-0.39, 0.29) is 5.91 Å². The van der Waals surface area contributed by atoms with Gasteiger partial charge < -0.3 is 9.64 Å². The number of fused-ring (bicyclic) bond motifs is 1. The summed E-state index contributed by atoms with van der Waals surface area (Å²) in [6.07, 6.45) is 2.18. The van der Waals surface area contributed by atoms with Crippen LogP contribution in [0, 0.1) is 11.3 Å². The molecule has 4 nitrogen and oxygen atoms in total. The third-order valence-electron chi connectivity index (χ3n) is 4.03. The van der Waals surface area contributed by atoms with Gasteiger partial charge in [0.15, 0.2) is 0 Å². The summed E-state index contributed by atoms with van der Waals surface area (Å²) >= 11 is 0. The molecule has 0 saturated carbocycles. The zero-order chi connectivity index (χ0) is 16.4. The van der Waals surface area contributed by atoms with Crippen molar-refractivity contribution in [2.24, 2.45) is 0 Å². The van der Waals surface area contributed by atoms with Gasteiger partial charge >= 0.3 is 0 Å². The van der Waals surface area contributed by atoms with E-state index in [1.165, 1.54) is 6.08 Å². The molecule has 1 aliphatic heterocycles. The minimum Gasteiger partial charge on any atom is -0.497 e. The standard InChI is InChI=1S/C19H16N2O2/c1-3-19(22)21-7-6-14-4-5-15(11-18(14)21)16-8-13(12-20)9-17(10-16)23-2/h3-5,8-11H,1,6-7H2,2H3. The average molecular weight is 304 g/mol. The fourth-order valence-corrected chi connectivity index (χ4v) is 2.85. The number of rotatable bonds is 3. The van der Waals surface area contributed by atoms with Gasteiger partial charge in [-0.3, -0.25) is 4.79 Å². The van der Waals surface area contributed by atoms with Crippen LogP contribution in [0.5, 0.6) is 5.75 Å². The number of nitrogens with zero attached hydrogens (tertiary/aromatic N) is 2. The van der Waals surface area contributed by atoms with Crippen molar-refractivity contribution in [1.29, 1.82) is 5.26 Å². The van der Waals surface area contributed by atoms with E-state index in [1.54, 1.807) is 18.1 Å². The zero-order valence-corrected chi connectivity index (χ0v) is 12.9. The predicted molar refractivity (Wildman–Crippen MR) is 89.4 cm³/mol. The minimum atomic E-state index is -0.0933. The molecule has 1 heterocycles. The van der Waals surface area contributed by atoms with Gasteiger partial charge in [-0.25, -0.2) is 0 Å². The van der Waals surface area contributed by atoms with Crippen LogP contribution in [0.25, 0.3) is 11.1 Å². The van der Waals surface area contributed by atoms with Crippen LogP contribution in [0.4, 0.5) is 5.69 Å². The Hall–Kier alpha value is -3.06. The molecule has 0 radical (unpaired) electrons. The molecule has 3 rings (SSSR count). The molecule has 114 valence electrons. The number of ether oxygens (including phenoxy) is 1. The Morgan fingerprint density at radius 2 is 2.13 bits per heavy atom. The normalized spacial score (nSPS) is 12.4. The van der Waals surface area contributed by atoms with Crippen LogP contribution in [-0.2, 0) is 11.2 Å². The maximum Gasteiger partial charge on any atom is 0.250 e. The predicted octanol–water partition coefficient (Wildman–Crippen LogP) is 3.31. The van der Waals surface area contributed by atoms with Crippen molar-refractivity contribution < 1.29 is 9.53 Å². The lowest BCUT2D eigenvalue weighted by molar-refractivity contribution is -0.114. The van der Waals surface area contributed by atoms with Gasteiger partial charge in [-0.15, -0.1) is 0 Å². The summed E-state index contributed by atoms with van der Waals surface area (Å²) in [7, 11) is 1.58. The fourth-order valence-electron chi connectivity index (χ4n) is 2.85. The number of nitriles is 1. The maximum atomic E-state index is 12.0. The molecule has 23 heavy (non-hydrogen) atoms. The van der Waals surface area contributed by atoms with Gasteiger partial charge in [-0.2, -0.15) is 5.26 Å². The van der Waals surface area contributed by atoms with Gasteiger partial charge in [0.2, 0.25) is 5.91 Å². The number of anilines is 1. The van der Waals surface area contributed by atoms with Crippen LogP contribution in [-0.4, -0.2) is 19.6 Å².